The molecule has 4 aromatic rings. The minimum atomic E-state index is -0.611. The van der Waals surface area contributed by atoms with Gasteiger partial charge < -0.3 is 9.26 Å². The van der Waals surface area contributed by atoms with Gasteiger partial charge in [0.15, 0.2) is 6.61 Å². The summed E-state index contributed by atoms with van der Waals surface area (Å²) in [5.41, 5.74) is 1.33. The number of halogens is 1. The van der Waals surface area contributed by atoms with Crippen molar-refractivity contribution in [2.75, 3.05) is 0 Å². The summed E-state index contributed by atoms with van der Waals surface area (Å²) in [7, 11) is 0. The van der Waals surface area contributed by atoms with Crippen LogP contribution in [-0.2, 0) is 11.3 Å². The van der Waals surface area contributed by atoms with E-state index in [2.05, 4.69) is 15.1 Å². The summed E-state index contributed by atoms with van der Waals surface area (Å²) in [4.78, 5) is 31.0. The number of aromatic nitrogens is 3. The second-order valence-electron chi connectivity index (χ2n) is 5.90. The molecular weight excluding hydrogens is 400 g/mol. The fourth-order valence-electron chi connectivity index (χ4n) is 2.68. The van der Waals surface area contributed by atoms with E-state index < -0.39 is 10.9 Å². The van der Waals surface area contributed by atoms with Gasteiger partial charge in [0.25, 0.3) is 11.6 Å². The molecule has 0 aliphatic carbocycles. The number of carbonyl (C=O) groups is 1. The molecule has 0 radical (unpaired) electrons. The first kappa shape index (κ1) is 18.5. The molecule has 2 heterocycles. The fourth-order valence-corrected chi connectivity index (χ4v) is 2.88. The Morgan fingerprint density at radius 1 is 1.14 bits per heavy atom. The average Bonchev–Trinajstić information content (AvgIpc) is 3.20. The Morgan fingerprint density at radius 3 is 2.66 bits per heavy atom. The van der Waals surface area contributed by atoms with Crippen molar-refractivity contribution >= 4 is 34.2 Å². The van der Waals surface area contributed by atoms with Crippen LogP contribution in [-0.4, -0.2) is 26.0 Å². The topological polar surface area (TPSA) is 121 Å². The van der Waals surface area contributed by atoms with Crippen LogP contribution in [0.15, 0.2) is 59.1 Å². The number of nitro benzene ring substituents is 1. The molecule has 144 valence electrons. The second-order valence-corrected chi connectivity index (χ2v) is 6.29. The Bertz CT molecular complexity index is 1220. The van der Waals surface area contributed by atoms with E-state index >= 15 is 0 Å². The third kappa shape index (κ3) is 3.90. The Labute approximate surface area is 168 Å². The molecule has 9 nitrogen and oxygen atoms in total. The van der Waals surface area contributed by atoms with E-state index in [1.54, 1.807) is 24.3 Å². The number of nitro groups is 1. The first-order valence-electron chi connectivity index (χ1n) is 8.31. The molecule has 0 aliphatic rings. The van der Waals surface area contributed by atoms with Crippen molar-refractivity contribution in [1.82, 2.24) is 15.1 Å². The third-order valence-corrected chi connectivity index (χ3v) is 4.23. The molecule has 0 atom stereocenters. The van der Waals surface area contributed by atoms with Gasteiger partial charge in [-0.1, -0.05) is 35.0 Å². The van der Waals surface area contributed by atoms with Gasteiger partial charge >= 0.3 is 5.97 Å². The van der Waals surface area contributed by atoms with Gasteiger partial charge in [0.1, 0.15) is 5.15 Å². The number of carbonyl (C=O) groups excluding carboxylic acids is 1. The largest absolute Gasteiger partial charge is 0.452 e. The van der Waals surface area contributed by atoms with Gasteiger partial charge in [0.05, 0.1) is 16.0 Å². The van der Waals surface area contributed by atoms with Gasteiger partial charge in [-0.3, -0.25) is 10.1 Å². The zero-order valence-corrected chi connectivity index (χ0v) is 15.4. The molecule has 29 heavy (non-hydrogen) atoms. The average molecular weight is 411 g/mol. The maximum absolute atomic E-state index is 12.5. The highest BCUT2D eigenvalue weighted by Crippen LogP contribution is 2.23. The summed E-state index contributed by atoms with van der Waals surface area (Å²) in [6, 6.07) is 14.2. The van der Waals surface area contributed by atoms with Crippen LogP contribution < -0.4 is 0 Å². The highest BCUT2D eigenvalue weighted by Gasteiger charge is 2.16. The monoisotopic (exact) mass is 410 g/mol. The van der Waals surface area contributed by atoms with Gasteiger partial charge in [-0.2, -0.15) is 4.98 Å². The predicted molar refractivity (Wildman–Crippen MR) is 102 cm³/mol. The number of ether oxygens (including phenoxy) is 1. The number of benzene rings is 2. The first-order chi connectivity index (χ1) is 14.0. The Kier molecular flexibility index (Phi) is 4.88. The van der Waals surface area contributed by atoms with Gasteiger partial charge in [-0.05, 0) is 24.3 Å². The van der Waals surface area contributed by atoms with Crippen LogP contribution in [0.25, 0.3) is 22.3 Å². The van der Waals surface area contributed by atoms with Crippen molar-refractivity contribution < 1.29 is 19.0 Å². The molecule has 0 unspecified atom stereocenters. The van der Waals surface area contributed by atoms with Gasteiger partial charge in [0.2, 0.25) is 5.82 Å². The number of para-hydroxylation sites is 1. The smallest absolute Gasteiger partial charge is 0.339 e. The van der Waals surface area contributed by atoms with E-state index in [1.807, 2.05) is 0 Å². The van der Waals surface area contributed by atoms with Gasteiger partial charge in [-0.25, -0.2) is 9.78 Å². The lowest BCUT2D eigenvalue weighted by Gasteiger charge is -2.06. The Balaban J connectivity index is 1.49. The Morgan fingerprint density at radius 2 is 1.90 bits per heavy atom. The van der Waals surface area contributed by atoms with Crippen LogP contribution in [0.5, 0.6) is 0 Å². The molecule has 10 heteroatoms. The number of non-ortho nitro benzene ring substituents is 1. The summed E-state index contributed by atoms with van der Waals surface area (Å²) in [5, 5.41) is 15.3. The van der Waals surface area contributed by atoms with Crippen LogP contribution in [0.3, 0.4) is 0 Å². The molecule has 0 aliphatic heterocycles. The van der Waals surface area contributed by atoms with Crippen molar-refractivity contribution in [3.05, 3.63) is 81.3 Å². The molecule has 0 spiro atoms. The number of pyridine rings is 1. The highest BCUT2D eigenvalue weighted by molar-refractivity contribution is 6.30. The Hall–Kier alpha value is -3.85. The molecule has 0 saturated carbocycles. The standard InChI is InChI=1S/C19H11ClN4O5/c20-16-9-14(13-3-1-2-4-15(13)21-16)19(25)28-10-17-22-18(23-29-17)11-5-7-12(8-6-11)24(26)27/h1-9H,10H2. The third-order valence-electron chi connectivity index (χ3n) is 4.04. The number of esters is 1. The number of nitrogens with zero attached hydrogens (tertiary/aromatic N) is 4. The summed E-state index contributed by atoms with van der Waals surface area (Å²) >= 11 is 5.98. The summed E-state index contributed by atoms with van der Waals surface area (Å²) in [6.45, 7) is -0.243. The lowest BCUT2D eigenvalue weighted by atomic mass is 10.1. The lowest BCUT2D eigenvalue weighted by Crippen LogP contribution is -2.07. The molecule has 0 amide bonds. The minimum absolute atomic E-state index is 0.0466. The quantitative estimate of drug-likeness (QED) is 0.207. The number of rotatable bonds is 5. The SMILES string of the molecule is O=C(OCc1nc(-c2ccc([N+](=O)[O-])cc2)no1)c1cc(Cl)nc2ccccc12. The highest BCUT2D eigenvalue weighted by atomic mass is 35.5. The van der Waals surface area contributed by atoms with Crippen LogP contribution in [0.1, 0.15) is 16.2 Å². The maximum Gasteiger partial charge on any atom is 0.339 e. The van der Waals surface area contributed by atoms with Gasteiger partial charge in [0, 0.05) is 23.1 Å². The zero-order chi connectivity index (χ0) is 20.4. The van der Waals surface area contributed by atoms with E-state index in [0.717, 1.165) is 0 Å². The van der Waals surface area contributed by atoms with Crippen molar-refractivity contribution in [3.8, 4) is 11.4 Å². The number of fused-ring (bicyclic) bond motifs is 1. The molecule has 0 bridgehead atoms. The molecule has 0 N–H and O–H groups in total. The molecule has 0 saturated heterocycles. The van der Waals surface area contributed by atoms with E-state index in [1.165, 1.54) is 30.3 Å². The van der Waals surface area contributed by atoms with Gasteiger partial charge in [-0.15, -0.1) is 0 Å². The summed E-state index contributed by atoms with van der Waals surface area (Å²) in [6.07, 6.45) is 0. The fraction of sp³-hybridized carbons (Fsp3) is 0.0526. The minimum Gasteiger partial charge on any atom is -0.452 e. The summed E-state index contributed by atoms with van der Waals surface area (Å²) in [5.74, 6) is -0.305. The second kappa shape index (κ2) is 7.64. The van der Waals surface area contributed by atoms with E-state index in [9.17, 15) is 14.9 Å². The summed E-state index contributed by atoms with van der Waals surface area (Å²) < 4.78 is 10.3. The van der Waals surface area contributed by atoms with Crippen LogP contribution in [0.2, 0.25) is 5.15 Å². The van der Waals surface area contributed by atoms with E-state index in [-0.39, 0.29) is 34.7 Å². The van der Waals surface area contributed by atoms with Crippen LogP contribution >= 0.6 is 11.6 Å². The van der Waals surface area contributed by atoms with Crippen molar-refractivity contribution in [2.24, 2.45) is 0 Å². The lowest BCUT2D eigenvalue weighted by molar-refractivity contribution is -0.384. The van der Waals surface area contributed by atoms with Crippen molar-refractivity contribution in [2.45, 2.75) is 6.61 Å². The van der Waals surface area contributed by atoms with E-state index in [0.29, 0.717) is 16.5 Å². The number of hydrogen-bond donors (Lipinski definition) is 0. The predicted octanol–water partition coefficient (Wildman–Crippen LogP) is 4.20. The van der Waals surface area contributed by atoms with Crippen molar-refractivity contribution in [1.29, 1.82) is 0 Å². The molecule has 2 aromatic heterocycles. The van der Waals surface area contributed by atoms with Crippen molar-refractivity contribution in [3.63, 3.8) is 0 Å². The van der Waals surface area contributed by atoms with Crippen LogP contribution in [0.4, 0.5) is 5.69 Å². The van der Waals surface area contributed by atoms with E-state index in [4.69, 9.17) is 20.9 Å². The number of hydrogen-bond acceptors (Lipinski definition) is 8. The molecular formula is C19H11ClN4O5. The zero-order valence-electron chi connectivity index (χ0n) is 14.6. The maximum atomic E-state index is 12.5. The first-order valence-corrected chi connectivity index (χ1v) is 8.69. The normalized spacial score (nSPS) is 10.8. The van der Waals surface area contributed by atoms with Crippen LogP contribution in [0, 0.1) is 10.1 Å². The molecule has 0 fully saturated rings. The molecule has 2 aromatic carbocycles. The molecule has 4 rings (SSSR count).